The van der Waals surface area contributed by atoms with Crippen LogP contribution in [0.5, 0.6) is 0 Å². The van der Waals surface area contributed by atoms with Gasteiger partial charge in [0.2, 0.25) is 5.91 Å². The van der Waals surface area contributed by atoms with E-state index < -0.39 is 24.3 Å². The number of ketones is 2. The van der Waals surface area contributed by atoms with Crippen LogP contribution >= 0.6 is 0 Å². The second kappa shape index (κ2) is 9.13. The number of carbonyl (C=O) groups is 5. The lowest BCUT2D eigenvalue weighted by atomic mass is 9.82. The van der Waals surface area contributed by atoms with Crippen molar-refractivity contribution in [2.24, 2.45) is 0 Å². The number of fused-ring (bicyclic) bond motifs is 2. The first-order valence-electron chi connectivity index (χ1n) is 9.46. The molecule has 3 rings (SSSR count). The van der Waals surface area contributed by atoms with Gasteiger partial charge in [-0.3, -0.25) is 19.2 Å². The summed E-state index contributed by atoms with van der Waals surface area (Å²) < 4.78 is 4.99. The SMILES string of the molecule is CCCNC(=O)CNC(=O)COC(=O)c1cccc2c1C(=O)c1ccccc1C2=O. The Bertz CT molecular complexity index is 1040. The van der Waals surface area contributed by atoms with Crippen LogP contribution in [-0.4, -0.2) is 49.0 Å². The van der Waals surface area contributed by atoms with Crippen LogP contribution < -0.4 is 10.6 Å². The van der Waals surface area contributed by atoms with Crippen LogP contribution in [0, 0.1) is 0 Å². The Labute approximate surface area is 172 Å². The highest BCUT2D eigenvalue weighted by molar-refractivity contribution is 6.30. The summed E-state index contributed by atoms with van der Waals surface area (Å²) in [5.74, 6) is -2.72. The van der Waals surface area contributed by atoms with Gasteiger partial charge in [-0.2, -0.15) is 0 Å². The van der Waals surface area contributed by atoms with Crippen LogP contribution in [0.1, 0.15) is 55.5 Å². The molecule has 0 atom stereocenters. The minimum absolute atomic E-state index is 0.0365. The zero-order valence-corrected chi connectivity index (χ0v) is 16.3. The van der Waals surface area contributed by atoms with Crippen molar-refractivity contribution in [1.29, 1.82) is 0 Å². The molecule has 30 heavy (non-hydrogen) atoms. The van der Waals surface area contributed by atoms with Crippen LogP contribution in [0.4, 0.5) is 0 Å². The largest absolute Gasteiger partial charge is 0.452 e. The number of rotatable bonds is 7. The topological polar surface area (TPSA) is 119 Å². The summed E-state index contributed by atoms with van der Waals surface area (Å²) in [5.41, 5.74) is 0.483. The molecule has 154 valence electrons. The van der Waals surface area contributed by atoms with Gasteiger partial charge in [0, 0.05) is 28.8 Å². The Balaban J connectivity index is 1.70. The summed E-state index contributed by atoms with van der Waals surface area (Å²) in [6.45, 7) is 1.54. The van der Waals surface area contributed by atoms with Crippen molar-refractivity contribution in [3.8, 4) is 0 Å². The van der Waals surface area contributed by atoms with Crippen molar-refractivity contribution >= 4 is 29.4 Å². The van der Waals surface area contributed by atoms with Gasteiger partial charge in [0.15, 0.2) is 18.2 Å². The molecule has 8 nitrogen and oxygen atoms in total. The zero-order chi connectivity index (χ0) is 21.7. The summed E-state index contributed by atoms with van der Waals surface area (Å²) in [6, 6.07) is 10.7. The number of hydrogen-bond donors (Lipinski definition) is 2. The highest BCUT2D eigenvalue weighted by Crippen LogP contribution is 2.29. The molecule has 0 bridgehead atoms. The molecule has 0 radical (unpaired) electrons. The molecule has 0 unspecified atom stereocenters. The summed E-state index contributed by atoms with van der Waals surface area (Å²) in [4.78, 5) is 61.5. The van der Waals surface area contributed by atoms with E-state index in [1.54, 1.807) is 18.2 Å². The molecule has 0 saturated heterocycles. The predicted octanol–water partition coefficient (Wildman–Crippen LogP) is 1.26. The lowest BCUT2D eigenvalue weighted by Gasteiger charge is -2.19. The van der Waals surface area contributed by atoms with Crippen LogP contribution in [0.15, 0.2) is 42.5 Å². The maximum atomic E-state index is 12.9. The summed E-state index contributed by atoms with van der Waals surface area (Å²) in [6.07, 6.45) is 0.768. The molecular formula is C22H20N2O6. The van der Waals surface area contributed by atoms with Crippen molar-refractivity contribution < 1.29 is 28.7 Å². The quantitative estimate of drug-likeness (QED) is 0.568. The average Bonchev–Trinajstić information content (AvgIpc) is 2.77. The number of carbonyl (C=O) groups excluding carboxylic acids is 5. The maximum Gasteiger partial charge on any atom is 0.339 e. The monoisotopic (exact) mass is 408 g/mol. The van der Waals surface area contributed by atoms with E-state index in [2.05, 4.69) is 10.6 Å². The van der Waals surface area contributed by atoms with Gasteiger partial charge in [-0.1, -0.05) is 43.3 Å². The Morgan fingerprint density at radius 3 is 2.20 bits per heavy atom. The Kier molecular flexibility index (Phi) is 6.36. The number of hydrogen-bond acceptors (Lipinski definition) is 6. The van der Waals surface area contributed by atoms with Crippen LogP contribution in [0.2, 0.25) is 0 Å². The van der Waals surface area contributed by atoms with E-state index in [-0.39, 0.29) is 46.1 Å². The van der Waals surface area contributed by atoms with Crippen molar-refractivity contribution in [3.05, 3.63) is 70.3 Å². The molecule has 0 aromatic heterocycles. The van der Waals surface area contributed by atoms with Gasteiger partial charge in [-0.05, 0) is 12.5 Å². The van der Waals surface area contributed by atoms with E-state index in [0.717, 1.165) is 6.42 Å². The predicted molar refractivity (Wildman–Crippen MR) is 106 cm³/mol. The third kappa shape index (κ3) is 4.27. The van der Waals surface area contributed by atoms with E-state index >= 15 is 0 Å². The third-order valence-corrected chi connectivity index (χ3v) is 4.53. The van der Waals surface area contributed by atoms with Crippen LogP contribution in [-0.2, 0) is 14.3 Å². The summed E-state index contributed by atoms with van der Waals surface area (Å²) >= 11 is 0. The number of esters is 1. The highest BCUT2D eigenvalue weighted by Gasteiger charge is 2.33. The van der Waals surface area contributed by atoms with Gasteiger partial charge >= 0.3 is 5.97 Å². The lowest BCUT2D eigenvalue weighted by molar-refractivity contribution is -0.127. The highest BCUT2D eigenvalue weighted by atomic mass is 16.5. The Hall–Kier alpha value is -3.81. The van der Waals surface area contributed by atoms with Gasteiger partial charge < -0.3 is 15.4 Å². The number of nitrogens with one attached hydrogen (secondary N) is 2. The van der Waals surface area contributed by atoms with E-state index in [0.29, 0.717) is 6.54 Å². The molecule has 0 saturated carbocycles. The second-order valence-electron chi connectivity index (χ2n) is 6.63. The van der Waals surface area contributed by atoms with Gasteiger partial charge in [0.05, 0.1) is 12.1 Å². The van der Waals surface area contributed by atoms with Gasteiger partial charge in [-0.15, -0.1) is 0 Å². The molecule has 2 amide bonds. The van der Waals surface area contributed by atoms with E-state index in [9.17, 15) is 24.0 Å². The fourth-order valence-electron chi connectivity index (χ4n) is 3.08. The fraction of sp³-hybridized carbons (Fsp3) is 0.227. The molecule has 2 aromatic rings. The van der Waals surface area contributed by atoms with E-state index in [1.807, 2.05) is 6.92 Å². The van der Waals surface area contributed by atoms with Gasteiger partial charge in [0.25, 0.3) is 5.91 Å². The maximum absolute atomic E-state index is 12.9. The summed E-state index contributed by atoms with van der Waals surface area (Å²) in [7, 11) is 0. The fourth-order valence-corrected chi connectivity index (χ4v) is 3.08. The Morgan fingerprint density at radius 2 is 1.50 bits per heavy atom. The standard InChI is InChI=1S/C22H20N2O6/c1-2-10-23-17(25)11-24-18(26)12-30-22(29)16-9-5-8-15-19(16)21(28)14-7-4-3-6-13(14)20(15)27/h3-9H,2,10-12H2,1H3,(H,23,25)(H,24,26). The molecule has 8 heteroatoms. The smallest absolute Gasteiger partial charge is 0.339 e. The first-order valence-corrected chi connectivity index (χ1v) is 9.46. The van der Waals surface area contributed by atoms with Crippen LogP contribution in [0.25, 0.3) is 0 Å². The number of amides is 2. The summed E-state index contributed by atoms with van der Waals surface area (Å²) in [5, 5.41) is 4.94. The molecule has 1 aliphatic carbocycles. The molecule has 0 aliphatic heterocycles. The minimum atomic E-state index is -0.905. The molecule has 0 fully saturated rings. The van der Waals surface area contributed by atoms with Crippen molar-refractivity contribution in [2.45, 2.75) is 13.3 Å². The van der Waals surface area contributed by atoms with E-state index in [4.69, 9.17) is 4.74 Å². The molecule has 0 spiro atoms. The van der Waals surface area contributed by atoms with E-state index in [1.165, 1.54) is 24.3 Å². The first-order chi connectivity index (χ1) is 14.4. The van der Waals surface area contributed by atoms with Crippen molar-refractivity contribution in [1.82, 2.24) is 10.6 Å². The van der Waals surface area contributed by atoms with Crippen molar-refractivity contribution in [3.63, 3.8) is 0 Å². The normalized spacial score (nSPS) is 11.9. The Morgan fingerprint density at radius 1 is 0.833 bits per heavy atom. The molecule has 1 aliphatic rings. The minimum Gasteiger partial charge on any atom is -0.452 e. The molecule has 2 N–H and O–H groups in total. The lowest BCUT2D eigenvalue weighted by Crippen LogP contribution is -2.39. The molecule has 2 aromatic carbocycles. The molecular weight excluding hydrogens is 388 g/mol. The van der Waals surface area contributed by atoms with Gasteiger partial charge in [0.1, 0.15) is 0 Å². The molecule has 0 heterocycles. The zero-order valence-electron chi connectivity index (χ0n) is 16.3. The number of benzene rings is 2. The van der Waals surface area contributed by atoms with Crippen LogP contribution in [0.3, 0.4) is 0 Å². The third-order valence-electron chi connectivity index (χ3n) is 4.53. The first kappa shape index (κ1) is 20.9. The average molecular weight is 408 g/mol. The van der Waals surface area contributed by atoms with Gasteiger partial charge in [-0.25, -0.2) is 4.79 Å². The van der Waals surface area contributed by atoms with Crippen molar-refractivity contribution in [2.75, 3.05) is 19.7 Å². The second-order valence-corrected chi connectivity index (χ2v) is 6.63. The number of ether oxygens (including phenoxy) is 1.